The largest absolute Gasteiger partial charge is 0.309 e. The molecule has 2 nitrogen and oxygen atoms in total. The van der Waals surface area contributed by atoms with Crippen molar-refractivity contribution in [3.63, 3.8) is 0 Å². The molecule has 1 aliphatic rings. The molecular weight excluding hydrogens is 933 g/mol. The van der Waals surface area contributed by atoms with E-state index in [1.165, 1.54) is 103 Å². The number of benzene rings is 12. The summed E-state index contributed by atoms with van der Waals surface area (Å²) in [6.45, 7) is 0. The summed E-state index contributed by atoms with van der Waals surface area (Å²) in [5.41, 5.74) is 16.6. The topological polar surface area (TPSA) is 9.86 Å². The second-order valence-electron chi connectivity index (χ2n) is 20.3. The molecule has 0 N–H and O–H groups in total. The summed E-state index contributed by atoms with van der Waals surface area (Å²) in [7, 11) is -2.82. The lowest BCUT2D eigenvalue weighted by atomic mass is 9.67. The normalized spacial score (nSPS) is 12.8. The SMILES string of the molecule is c1ccc(C2(c3ccccc3)c3ccccc3-c3cc(-c4cccc5c6ccccc6n(-c6ccc7c8ccccc8n(-c8cccc([Si](c9ccccc9)(c9ccccc9)c9ccccc9)c8)c7c6)c45)ccc32)cc1. The van der Waals surface area contributed by atoms with Gasteiger partial charge in [-0.2, -0.15) is 0 Å². The van der Waals surface area contributed by atoms with Crippen molar-refractivity contribution in [2.45, 2.75) is 5.41 Å². The van der Waals surface area contributed by atoms with Crippen molar-refractivity contribution in [2.75, 3.05) is 0 Å². The summed E-state index contributed by atoms with van der Waals surface area (Å²) < 4.78 is 5.03. The van der Waals surface area contributed by atoms with Crippen LogP contribution >= 0.6 is 0 Å². The van der Waals surface area contributed by atoms with Gasteiger partial charge < -0.3 is 9.13 Å². The first kappa shape index (κ1) is 44.0. The highest BCUT2D eigenvalue weighted by atomic mass is 28.3. The molecule has 0 saturated carbocycles. The average molecular weight is 983 g/mol. The highest BCUT2D eigenvalue weighted by Crippen LogP contribution is 2.57. The Labute approximate surface area is 443 Å². The Morgan fingerprint density at radius 3 is 1.37 bits per heavy atom. The van der Waals surface area contributed by atoms with Crippen LogP contribution in [0.1, 0.15) is 22.3 Å². The van der Waals surface area contributed by atoms with Gasteiger partial charge in [0.15, 0.2) is 8.07 Å². The predicted octanol–water partition coefficient (Wildman–Crippen LogP) is 15.3. The maximum absolute atomic E-state index is 2.82. The van der Waals surface area contributed by atoms with Crippen molar-refractivity contribution < 1.29 is 0 Å². The van der Waals surface area contributed by atoms with Crippen LogP contribution in [0.15, 0.2) is 303 Å². The van der Waals surface area contributed by atoms with E-state index < -0.39 is 13.5 Å². The van der Waals surface area contributed by atoms with Crippen molar-refractivity contribution in [3.8, 4) is 33.6 Å². The van der Waals surface area contributed by atoms with Crippen LogP contribution in [0.3, 0.4) is 0 Å². The van der Waals surface area contributed by atoms with Gasteiger partial charge >= 0.3 is 0 Å². The fraction of sp³-hybridized carbons (Fsp3) is 0.0137. The van der Waals surface area contributed by atoms with Gasteiger partial charge in [0.1, 0.15) is 0 Å². The zero-order chi connectivity index (χ0) is 50.2. The van der Waals surface area contributed by atoms with Gasteiger partial charge in [-0.3, -0.25) is 0 Å². The average Bonchev–Trinajstić information content (AvgIpc) is 4.16. The van der Waals surface area contributed by atoms with Gasteiger partial charge in [-0.05, 0) is 102 Å². The number of fused-ring (bicyclic) bond motifs is 9. The Kier molecular flexibility index (Phi) is 10.2. The maximum Gasteiger partial charge on any atom is 0.179 e. The summed E-state index contributed by atoms with van der Waals surface area (Å²) in [4.78, 5) is 0. The zero-order valence-corrected chi connectivity index (χ0v) is 42.8. The van der Waals surface area contributed by atoms with Crippen molar-refractivity contribution in [2.24, 2.45) is 0 Å². The van der Waals surface area contributed by atoms with E-state index in [2.05, 4.69) is 312 Å². The van der Waals surface area contributed by atoms with Crippen LogP contribution in [0.5, 0.6) is 0 Å². The van der Waals surface area contributed by atoms with E-state index in [0.29, 0.717) is 0 Å². The molecule has 0 saturated heterocycles. The Hall–Kier alpha value is -9.54. The van der Waals surface area contributed by atoms with Gasteiger partial charge in [-0.1, -0.05) is 261 Å². The molecule has 356 valence electrons. The smallest absolute Gasteiger partial charge is 0.179 e. The molecule has 0 spiro atoms. The summed E-state index contributed by atoms with van der Waals surface area (Å²) >= 11 is 0. The standard InChI is InChI=1S/C73H50N2Si/c1-6-24-52(25-7-1)73(53-26-8-2-9-27-53)67-41-19-16-36-61(67)66-48-51(44-47-68(66)73)60-39-23-40-65-63-38-18-21-43-70(63)75(72(60)65)55-45-46-64-62-37-17-20-42-69(62)74(71(64)50-55)54-28-22-35-59(49-54)76(56-29-10-3-11-30-56,57-31-12-4-13-32-57)58-33-14-5-15-34-58/h1-50H. The van der Waals surface area contributed by atoms with Crippen LogP contribution in [-0.4, -0.2) is 17.2 Å². The fourth-order valence-electron chi connectivity index (χ4n) is 13.5. The van der Waals surface area contributed by atoms with Crippen LogP contribution in [0.25, 0.3) is 77.2 Å². The maximum atomic E-state index is 2.52. The second-order valence-corrected chi connectivity index (χ2v) is 24.1. The van der Waals surface area contributed by atoms with Crippen LogP contribution in [0.4, 0.5) is 0 Å². The van der Waals surface area contributed by atoms with E-state index in [1.807, 2.05) is 0 Å². The molecule has 0 bridgehead atoms. The van der Waals surface area contributed by atoms with Crippen LogP contribution in [-0.2, 0) is 5.41 Å². The molecule has 0 unspecified atom stereocenters. The molecular formula is C73H50N2Si. The zero-order valence-electron chi connectivity index (χ0n) is 41.8. The summed E-state index contributed by atoms with van der Waals surface area (Å²) in [6, 6.07) is 113. The highest BCUT2D eigenvalue weighted by molar-refractivity contribution is 7.19. The lowest BCUT2D eigenvalue weighted by molar-refractivity contribution is 0.768. The van der Waals surface area contributed by atoms with Gasteiger partial charge in [-0.15, -0.1) is 0 Å². The van der Waals surface area contributed by atoms with Crippen molar-refractivity contribution in [3.05, 3.63) is 326 Å². The van der Waals surface area contributed by atoms with Crippen molar-refractivity contribution in [1.29, 1.82) is 0 Å². The molecule has 76 heavy (non-hydrogen) atoms. The molecule has 1 aliphatic carbocycles. The molecule has 2 aromatic heterocycles. The highest BCUT2D eigenvalue weighted by Gasteiger charge is 2.46. The number of hydrogen-bond acceptors (Lipinski definition) is 0. The fourth-order valence-corrected chi connectivity index (χ4v) is 18.2. The Morgan fingerprint density at radius 1 is 0.263 bits per heavy atom. The minimum atomic E-state index is -2.82. The van der Waals surface area contributed by atoms with Gasteiger partial charge in [0, 0.05) is 38.5 Å². The van der Waals surface area contributed by atoms with Gasteiger partial charge in [0.25, 0.3) is 0 Å². The first-order valence-corrected chi connectivity index (χ1v) is 28.4. The third-order valence-electron chi connectivity index (χ3n) is 16.5. The van der Waals surface area contributed by atoms with E-state index in [4.69, 9.17) is 0 Å². The third kappa shape index (κ3) is 6.40. The molecule has 0 atom stereocenters. The van der Waals surface area contributed by atoms with Crippen LogP contribution in [0, 0.1) is 0 Å². The molecule has 0 amide bonds. The monoisotopic (exact) mass is 982 g/mol. The number of aromatic nitrogens is 2. The first-order valence-electron chi connectivity index (χ1n) is 26.4. The lowest BCUT2D eigenvalue weighted by Gasteiger charge is -2.34. The molecule has 0 aliphatic heterocycles. The number of para-hydroxylation sites is 3. The summed E-state index contributed by atoms with van der Waals surface area (Å²) in [5, 5.41) is 10.3. The molecule has 0 radical (unpaired) electrons. The first-order chi connectivity index (χ1) is 37.7. The van der Waals surface area contributed by atoms with Crippen LogP contribution in [0.2, 0.25) is 0 Å². The van der Waals surface area contributed by atoms with E-state index >= 15 is 0 Å². The third-order valence-corrected chi connectivity index (χ3v) is 21.3. The van der Waals surface area contributed by atoms with Gasteiger partial charge in [0.2, 0.25) is 0 Å². The second kappa shape index (κ2) is 17.6. The van der Waals surface area contributed by atoms with E-state index in [-0.39, 0.29) is 0 Å². The van der Waals surface area contributed by atoms with Gasteiger partial charge in [-0.25, -0.2) is 0 Å². The number of hydrogen-bond donors (Lipinski definition) is 0. The Bertz CT molecular complexity index is 4360. The van der Waals surface area contributed by atoms with Crippen LogP contribution < -0.4 is 20.7 Å². The molecule has 14 aromatic rings. The number of nitrogens with zero attached hydrogens (tertiary/aromatic N) is 2. The lowest BCUT2D eigenvalue weighted by Crippen LogP contribution is -2.74. The van der Waals surface area contributed by atoms with Gasteiger partial charge in [0.05, 0.1) is 27.5 Å². The number of rotatable bonds is 9. The summed E-state index contributed by atoms with van der Waals surface area (Å²) in [5.74, 6) is 0. The van der Waals surface area contributed by atoms with Crippen molar-refractivity contribution >= 4 is 72.4 Å². The molecule has 3 heteroatoms. The van der Waals surface area contributed by atoms with Crippen molar-refractivity contribution in [1.82, 2.24) is 9.13 Å². The quantitative estimate of drug-likeness (QED) is 0.101. The Morgan fingerprint density at radius 2 is 0.724 bits per heavy atom. The minimum Gasteiger partial charge on any atom is -0.309 e. The molecule has 2 heterocycles. The molecule has 0 fully saturated rings. The van der Waals surface area contributed by atoms with E-state index in [1.54, 1.807) is 0 Å². The van der Waals surface area contributed by atoms with E-state index in [0.717, 1.165) is 16.9 Å². The summed E-state index contributed by atoms with van der Waals surface area (Å²) in [6.07, 6.45) is 0. The molecule has 12 aromatic carbocycles. The predicted molar refractivity (Wildman–Crippen MR) is 321 cm³/mol. The minimum absolute atomic E-state index is 0.463. The Balaban J connectivity index is 0.956. The molecule has 15 rings (SSSR count). The van der Waals surface area contributed by atoms with E-state index in [9.17, 15) is 0 Å².